The number of rotatable bonds is 21. The second-order valence-corrected chi connectivity index (χ2v) is 31.8. The lowest BCUT2D eigenvalue weighted by atomic mass is 9.81. The minimum Gasteiger partial charge on any atom is -0.400 e. The van der Waals surface area contributed by atoms with E-state index >= 15 is 0 Å². The van der Waals surface area contributed by atoms with Crippen molar-refractivity contribution < 1.29 is 23.5 Å². The number of pyridine rings is 6. The van der Waals surface area contributed by atoms with Crippen LogP contribution in [0.5, 0.6) is 0 Å². The summed E-state index contributed by atoms with van der Waals surface area (Å²) in [6, 6.07) is 27.0. The summed E-state index contributed by atoms with van der Waals surface area (Å²) in [6.07, 6.45) is 11.8. The number of H-pyrrole nitrogens is 3. The Morgan fingerprint density at radius 3 is 1.15 bits per heavy atom. The number of ether oxygens (including phenoxy) is 3. The third-order valence-corrected chi connectivity index (χ3v) is 22.5. The lowest BCUT2D eigenvalue weighted by molar-refractivity contribution is 0.00578. The Labute approximate surface area is 653 Å². The van der Waals surface area contributed by atoms with Crippen molar-refractivity contribution in [3.63, 3.8) is 0 Å². The molecule has 0 bridgehead atoms. The fourth-order valence-corrected chi connectivity index (χ4v) is 15.7. The number of anilines is 6. The first-order chi connectivity index (χ1) is 52.0. The van der Waals surface area contributed by atoms with Gasteiger partial charge in [-0.15, -0.1) is 6.58 Å². The molecule has 582 valence electrons. The number of nitrogens with one attached hydrogen (secondary N) is 6. The molecular formula is C87H116BBrN12O8. The molecule has 0 atom stereocenters. The zero-order chi connectivity index (χ0) is 78.6. The predicted octanol–water partition coefficient (Wildman–Crippen LogP) is 17.6. The van der Waals surface area contributed by atoms with Crippen LogP contribution in [0.15, 0.2) is 129 Å². The summed E-state index contributed by atoms with van der Waals surface area (Å²) in [4.78, 5) is 67.6. The Kier molecular flexibility index (Phi) is 28.1. The van der Waals surface area contributed by atoms with Crippen molar-refractivity contribution in [1.82, 2.24) is 29.9 Å². The fraction of sp³-hybridized carbons (Fsp3) is 0.471. The highest BCUT2D eigenvalue weighted by Gasteiger charge is 2.51. The molecule has 4 aliphatic rings. The molecule has 6 aromatic heterocycles. The Balaban J connectivity index is 0.000000162. The summed E-state index contributed by atoms with van der Waals surface area (Å²) in [7, 11) is -0.241. The largest absolute Gasteiger partial charge is 0.489 e. The zero-order valence-electron chi connectivity index (χ0n) is 67.5. The summed E-state index contributed by atoms with van der Waals surface area (Å²) in [5, 5.41) is 17.0. The van der Waals surface area contributed by atoms with Crippen molar-refractivity contribution in [3.05, 3.63) is 207 Å². The van der Waals surface area contributed by atoms with Gasteiger partial charge in [-0.1, -0.05) is 47.4 Å². The van der Waals surface area contributed by atoms with E-state index in [1.807, 2.05) is 120 Å². The number of aromatic nitrogens is 6. The minimum absolute atomic E-state index is 0.0412. The molecule has 0 radical (unpaired) electrons. The molecule has 10 heterocycles. The van der Waals surface area contributed by atoms with Crippen LogP contribution < -0.4 is 47.3 Å². The van der Waals surface area contributed by atoms with Gasteiger partial charge in [0.1, 0.15) is 17.5 Å². The number of allylic oxidation sites excluding steroid dienone is 2. The number of aryl methyl sites for hydroxylation is 6. The van der Waals surface area contributed by atoms with Crippen molar-refractivity contribution >= 4 is 95.5 Å². The first-order valence-corrected chi connectivity index (χ1v) is 39.7. The maximum absolute atomic E-state index is 12.5. The highest BCUT2D eigenvalue weighted by atomic mass is 79.9. The minimum atomic E-state index is -0.241. The van der Waals surface area contributed by atoms with Gasteiger partial charge in [0, 0.05) is 203 Å². The zero-order valence-corrected chi connectivity index (χ0v) is 69.1. The smallest absolute Gasteiger partial charge is 0.400 e. The van der Waals surface area contributed by atoms with Gasteiger partial charge in [-0.05, 0) is 249 Å². The van der Waals surface area contributed by atoms with Gasteiger partial charge in [0.15, 0.2) is 0 Å². The van der Waals surface area contributed by atoms with Crippen LogP contribution in [0.2, 0.25) is 0 Å². The summed E-state index contributed by atoms with van der Waals surface area (Å²) >= 11 is 3.70. The number of aromatic amines is 3. The Morgan fingerprint density at radius 1 is 0.505 bits per heavy atom. The quantitative estimate of drug-likeness (QED) is 0.0367. The van der Waals surface area contributed by atoms with Crippen LogP contribution in [0.1, 0.15) is 182 Å². The van der Waals surface area contributed by atoms with Gasteiger partial charge in [-0.2, -0.15) is 0 Å². The number of hydrogen-bond donors (Lipinski definition) is 6. The molecule has 9 aromatic rings. The molecular weight excluding hydrogens is 1430 g/mol. The van der Waals surface area contributed by atoms with Gasteiger partial charge in [0.25, 0.3) is 16.7 Å². The van der Waals surface area contributed by atoms with Crippen molar-refractivity contribution in [2.24, 2.45) is 0 Å². The molecule has 0 amide bonds. The van der Waals surface area contributed by atoms with Crippen LogP contribution >= 0.6 is 15.9 Å². The van der Waals surface area contributed by atoms with Crippen molar-refractivity contribution in [1.29, 1.82) is 0 Å². The first-order valence-electron chi connectivity index (χ1n) is 38.9. The number of halogens is 1. The Hall–Kier alpha value is -8.64. The van der Waals surface area contributed by atoms with E-state index in [1.54, 1.807) is 0 Å². The molecule has 4 fully saturated rings. The molecule has 0 spiro atoms. The molecule has 0 saturated carbocycles. The summed E-state index contributed by atoms with van der Waals surface area (Å²) in [5.41, 5.74) is 15.2. The van der Waals surface area contributed by atoms with E-state index in [0.29, 0.717) is 43.7 Å². The summed E-state index contributed by atoms with van der Waals surface area (Å²) in [6.45, 7) is 51.8. The molecule has 3 aromatic carbocycles. The molecule has 22 heteroatoms. The second-order valence-electron chi connectivity index (χ2n) is 30.9. The molecule has 6 N–H and O–H groups in total. The van der Waals surface area contributed by atoms with E-state index in [1.165, 1.54) is 28.0 Å². The van der Waals surface area contributed by atoms with Gasteiger partial charge in [-0.25, -0.2) is 15.0 Å². The highest BCUT2D eigenvalue weighted by molar-refractivity contribution is 9.10. The molecule has 20 nitrogen and oxygen atoms in total. The first kappa shape index (κ1) is 82.8. The van der Waals surface area contributed by atoms with Crippen molar-refractivity contribution in [3.8, 4) is 0 Å². The van der Waals surface area contributed by atoms with Gasteiger partial charge in [-0.3, -0.25) is 14.4 Å². The van der Waals surface area contributed by atoms with E-state index in [2.05, 4.69) is 179 Å². The van der Waals surface area contributed by atoms with E-state index in [4.69, 9.17) is 23.5 Å². The number of nitrogens with zero attached hydrogens (tertiary/aromatic N) is 6. The van der Waals surface area contributed by atoms with E-state index < -0.39 is 0 Å². The lowest BCUT2D eigenvalue weighted by Gasteiger charge is -2.36. The second kappa shape index (κ2) is 36.9. The molecule has 13 rings (SSSR count). The van der Waals surface area contributed by atoms with E-state index in [0.717, 1.165) is 214 Å². The third-order valence-electron chi connectivity index (χ3n) is 22.0. The highest BCUT2D eigenvalue weighted by Crippen LogP contribution is 2.42. The Bertz CT molecular complexity index is 4860. The SMILES string of the molecule is C=C(C)B1OC(C)(C)C(C)(C)O1.C=C(C)c1cc(N(CC)C2CCOCC2)c2ccnc(NCc3c(C)cc(C)[nH]c3=O)c2c1.CCN(c1cc(Br)cc2c(NCc3c(C)cc(C)[nH]c3=O)nccc12)C1CCOCC1.CCN(c1cc(C(C)C)cc2c(NCc3c(C)cc(C)[nH]c3=O)nccc12)C1CCOCC1. The molecule has 109 heavy (non-hydrogen) atoms. The van der Waals surface area contributed by atoms with Crippen LogP contribution in [-0.2, 0) is 43.2 Å². The van der Waals surface area contributed by atoms with Gasteiger partial charge in [0.05, 0.1) is 11.2 Å². The number of fused-ring (bicyclic) bond motifs is 3. The average molecular weight is 1550 g/mol. The standard InChI is InChI=1S/C27H36N4O2.C27H34N4O2.C24H29BrN4O2.C9H17BO2/c2*1-6-31(21-8-11-33-12-9-21)25-15-20(17(2)3)14-23-22(25)7-10-28-26(23)29-16-24-18(4)13-19(5)30-27(24)32;1-4-29(18-6-9-31-10-7-18)22-13-17(25)12-20-19(22)5-8-26-23(20)27-14-21-15(2)11-16(3)28-24(21)30;1-7(2)10-11-8(3,4)9(5,6)12-10/h7,10,13-15,17,21H,6,8-9,11-12,16H2,1-5H3,(H,28,29)(H,30,32);7,10,13-15,21H,2,6,8-9,11-12,16H2,1,3-5H3,(H,28,29)(H,30,32);5,8,11-13,18H,4,6-7,9-10,14H2,1-3H3,(H,26,27)(H,28,30);1H2,2-6H3. The van der Waals surface area contributed by atoms with E-state index in [-0.39, 0.29) is 35.0 Å². The van der Waals surface area contributed by atoms with Crippen LogP contribution in [0.4, 0.5) is 34.5 Å². The van der Waals surface area contributed by atoms with Crippen LogP contribution in [0, 0.1) is 41.5 Å². The topological polar surface area (TPSA) is 229 Å². The van der Waals surface area contributed by atoms with Crippen LogP contribution in [0.3, 0.4) is 0 Å². The molecule has 0 aliphatic carbocycles. The van der Waals surface area contributed by atoms with Crippen molar-refractivity contribution in [2.45, 2.75) is 211 Å². The van der Waals surface area contributed by atoms with Gasteiger partial charge >= 0.3 is 7.12 Å². The maximum atomic E-state index is 12.5. The molecule has 0 unspecified atom stereocenters. The molecule has 4 saturated heterocycles. The average Bonchev–Trinajstić information content (AvgIpc) is 1.38. The van der Waals surface area contributed by atoms with Crippen molar-refractivity contribution in [2.75, 3.05) is 89.9 Å². The third kappa shape index (κ3) is 19.9. The molecule has 4 aliphatic heterocycles. The van der Waals surface area contributed by atoms with Gasteiger partial charge < -0.3 is 69.1 Å². The normalized spacial score (nSPS) is 15.9. The van der Waals surface area contributed by atoms with Crippen LogP contribution in [-0.4, -0.2) is 126 Å². The lowest BCUT2D eigenvalue weighted by Crippen LogP contribution is -2.41. The van der Waals surface area contributed by atoms with Gasteiger partial charge in [0.2, 0.25) is 0 Å². The number of benzene rings is 3. The maximum Gasteiger partial charge on any atom is 0.489 e. The number of hydrogen-bond acceptors (Lipinski definition) is 17. The predicted molar refractivity (Wildman–Crippen MR) is 455 cm³/mol. The van der Waals surface area contributed by atoms with E-state index in [9.17, 15) is 14.4 Å². The monoisotopic (exact) mass is 1550 g/mol. The summed E-state index contributed by atoms with van der Waals surface area (Å²) < 4.78 is 29.2. The fourth-order valence-electron chi connectivity index (χ4n) is 15.2. The van der Waals surface area contributed by atoms with Crippen LogP contribution in [0.25, 0.3) is 37.9 Å². The summed E-state index contributed by atoms with van der Waals surface area (Å²) in [5.74, 6) is 2.78. The Morgan fingerprint density at radius 2 is 0.835 bits per heavy atom.